The van der Waals surface area contributed by atoms with Crippen molar-refractivity contribution in [1.82, 2.24) is 10.6 Å². The summed E-state index contributed by atoms with van der Waals surface area (Å²) >= 11 is 0. The summed E-state index contributed by atoms with van der Waals surface area (Å²) in [6.07, 6.45) is 3.75. The highest BCUT2D eigenvalue weighted by Gasteiger charge is 2.27. The van der Waals surface area contributed by atoms with Gasteiger partial charge in [-0.3, -0.25) is 4.79 Å². The minimum atomic E-state index is -0.723. The summed E-state index contributed by atoms with van der Waals surface area (Å²) in [4.78, 5) is 23.1. The van der Waals surface area contributed by atoms with E-state index in [2.05, 4.69) is 55.7 Å². The molecule has 0 aliphatic heterocycles. The largest absolute Gasteiger partial charge is 0.481 e. The Morgan fingerprint density at radius 2 is 1.72 bits per heavy atom. The molecule has 0 saturated heterocycles. The van der Waals surface area contributed by atoms with Gasteiger partial charge in [0, 0.05) is 18.0 Å². The minimum Gasteiger partial charge on any atom is -0.481 e. The highest BCUT2D eigenvalue weighted by atomic mass is 16.4. The fourth-order valence-corrected chi connectivity index (χ4v) is 3.32. The van der Waals surface area contributed by atoms with Crippen LogP contribution in [0.2, 0.25) is 0 Å². The zero-order valence-electron chi connectivity index (χ0n) is 15.5. The zero-order valence-corrected chi connectivity index (χ0v) is 15.5. The molecule has 1 aliphatic carbocycles. The number of carbonyl (C=O) groups excluding carboxylic acids is 1. The first-order valence-corrected chi connectivity index (χ1v) is 9.18. The quantitative estimate of drug-likeness (QED) is 0.738. The highest BCUT2D eigenvalue weighted by molar-refractivity contribution is 5.74. The SMILES string of the molecule is CCc1ccc(C(C)(C)CNC(=O)NC2CCC(C(=O)O)CC2)cc1. The molecule has 5 nitrogen and oxygen atoms in total. The van der Waals surface area contributed by atoms with Gasteiger partial charge in [-0.1, -0.05) is 45.0 Å². The van der Waals surface area contributed by atoms with Crippen LogP contribution in [0.4, 0.5) is 4.79 Å². The van der Waals surface area contributed by atoms with Gasteiger partial charge in [-0.25, -0.2) is 4.79 Å². The molecule has 1 fully saturated rings. The van der Waals surface area contributed by atoms with Crippen molar-refractivity contribution in [3.05, 3.63) is 35.4 Å². The van der Waals surface area contributed by atoms with Crippen molar-refractivity contribution in [3.63, 3.8) is 0 Å². The van der Waals surface area contributed by atoms with E-state index in [4.69, 9.17) is 5.11 Å². The van der Waals surface area contributed by atoms with Crippen molar-refractivity contribution in [2.24, 2.45) is 5.92 Å². The predicted octanol–water partition coefficient (Wildman–Crippen LogP) is 3.47. The molecule has 1 aliphatic rings. The molecule has 1 aromatic rings. The minimum absolute atomic E-state index is 0.0718. The monoisotopic (exact) mass is 346 g/mol. The van der Waals surface area contributed by atoms with Crippen LogP contribution in [0.15, 0.2) is 24.3 Å². The number of aliphatic carboxylic acids is 1. The van der Waals surface area contributed by atoms with Gasteiger partial charge >= 0.3 is 12.0 Å². The molecule has 2 rings (SSSR count). The average molecular weight is 346 g/mol. The molecule has 0 bridgehead atoms. The molecule has 2 amide bonds. The maximum absolute atomic E-state index is 12.2. The maximum atomic E-state index is 12.2. The Balaban J connectivity index is 1.79. The number of carboxylic acid groups (broad SMARTS) is 1. The number of hydrogen-bond donors (Lipinski definition) is 3. The van der Waals surface area contributed by atoms with E-state index in [0.717, 1.165) is 19.3 Å². The number of aryl methyl sites for hydroxylation is 1. The number of amides is 2. The first kappa shape index (κ1) is 19.3. The topological polar surface area (TPSA) is 78.4 Å². The van der Waals surface area contributed by atoms with Crippen LogP contribution in [0.3, 0.4) is 0 Å². The van der Waals surface area contributed by atoms with Gasteiger partial charge in [-0.05, 0) is 43.2 Å². The Morgan fingerprint density at radius 3 is 2.24 bits per heavy atom. The first-order chi connectivity index (χ1) is 11.8. The summed E-state index contributed by atoms with van der Waals surface area (Å²) in [7, 11) is 0. The fraction of sp³-hybridized carbons (Fsp3) is 0.600. The number of carbonyl (C=O) groups is 2. The normalized spacial score (nSPS) is 20.8. The summed E-state index contributed by atoms with van der Waals surface area (Å²) < 4.78 is 0. The summed E-state index contributed by atoms with van der Waals surface area (Å²) in [6.45, 7) is 6.92. The Morgan fingerprint density at radius 1 is 1.12 bits per heavy atom. The maximum Gasteiger partial charge on any atom is 0.315 e. The van der Waals surface area contributed by atoms with Gasteiger partial charge in [0.05, 0.1) is 5.92 Å². The summed E-state index contributed by atoms with van der Waals surface area (Å²) in [5.74, 6) is -0.982. The van der Waals surface area contributed by atoms with Crippen LogP contribution in [0.25, 0.3) is 0 Å². The second-order valence-corrected chi connectivity index (χ2v) is 7.65. The molecule has 138 valence electrons. The predicted molar refractivity (Wildman–Crippen MR) is 98.8 cm³/mol. The van der Waals surface area contributed by atoms with Crippen molar-refractivity contribution in [1.29, 1.82) is 0 Å². The number of carboxylic acids is 1. The number of benzene rings is 1. The van der Waals surface area contributed by atoms with Gasteiger partial charge in [0.25, 0.3) is 0 Å². The summed E-state index contributed by atoms with van der Waals surface area (Å²) in [6, 6.07) is 8.44. The van der Waals surface area contributed by atoms with Crippen LogP contribution in [-0.2, 0) is 16.6 Å². The second-order valence-electron chi connectivity index (χ2n) is 7.65. The van der Waals surface area contributed by atoms with Crippen molar-refractivity contribution in [3.8, 4) is 0 Å². The molecule has 3 N–H and O–H groups in total. The van der Waals surface area contributed by atoms with Crippen LogP contribution >= 0.6 is 0 Å². The van der Waals surface area contributed by atoms with Gasteiger partial charge < -0.3 is 15.7 Å². The van der Waals surface area contributed by atoms with Gasteiger partial charge in [-0.2, -0.15) is 0 Å². The molecule has 0 spiro atoms. The van der Waals surface area contributed by atoms with E-state index in [9.17, 15) is 9.59 Å². The van der Waals surface area contributed by atoms with Crippen LogP contribution < -0.4 is 10.6 Å². The van der Waals surface area contributed by atoms with Crippen LogP contribution in [-0.4, -0.2) is 29.7 Å². The first-order valence-electron chi connectivity index (χ1n) is 9.18. The van der Waals surface area contributed by atoms with E-state index in [1.807, 2.05) is 0 Å². The lowest BCUT2D eigenvalue weighted by molar-refractivity contribution is -0.142. The lowest BCUT2D eigenvalue weighted by Crippen LogP contribution is -2.47. The van der Waals surface area contributed by atoms with Crippen molar-refractivity contribution in [2.75, 3.05) is 6.54 Å². The lowest BCUT2D eigenvalue weighted by atomic mass is 9.84. The molecular weight excluding hydrogens is 316 g/mol. The van der Waals surface area contributed by atoms with E-state index in [1.165, 1.54) is 11.1 Å². The second kappa shape index (κ2) is 8.37. The third-order valence-electron chi connectivity index (χ3n) is 5.25. The summed E-state index contributed by atoms with van der Waals surface area (Å²) in [5, 5.41) is 15.0. The molecule has 1 aromatic carbocycles. The molecule has 1 saturated carbocycles. The average Bonchev–Trinajstić information content (AvgIpc) is 2.60. The van der Waals surface area contributed by atoms with E-state index in [1.54, 1.807) is 0 Å². The van der Waals surface area contributed by atoms with Crippen LogP contribution in [0, 0.1) is 5.92 Å². The Hall–Kier alpha value is -2.04. The Kier molecular flexibility index (Phi) is 6.45. The van der Waals surface area contributed by atoms with E-state index in [0.29, 0.717) is 19.4 Å². The molecule has 0 aromatic heterocycles. The third-order valence-corrected chi connectivity index (χ3v) is 5.25. The van der Waals surface area contributed by atoms with Gasteiger partial charge in [0.2, 0.25) is 0 Å². The molecular formula is C20H30N2O3. The summed E-state index contributed by atoms with van der Waals surface area (Å²) in [5.41, 5.74) is 2.36. The standard InChI is InChI=1S/C20H30N2O3/c1-4-14-5-9-16(10-6-14)20(2,3)13-21-19(25)22-17-11-7-15(8-12-17)18(23)24/h5-6,9-10,15,17H,4,7-8,11-13H2,1-3H3,(H,23,24)(H2,21,22,25). The molecule has 25 heavy (non-hydrogen) atoms. The Labute approximate surface area is 150 Å². The smallest absolute Gasteiger partial charge is 0.315 e. The van der Waals surface area contributed by atoms with Crippen LogP contribution in [0.5, 0.6) is 0 Å². The van der Waals surface area contributed by atoms with Gasteiger partial charge in [-0.15, -0.1) is 0 Å². The molecule has 0 atom stereocenters. The third kappa shape index (κ3) is 5.48. The zero-order chi connectivity index (χ0) is 18.4. The number of rotatable bonds is 6. The number of nitrogens with one attached hydrogen (secondary N) is 2. The number of urea groups is 1. The van der Waals surface area contributed by atoms with Crippen molar-refractivity contribution in [2.45, 2.75) is 64.3 Å². The van der Waals surface area contributed by atoms with Crippen molar-refractivity contribution >= 4 is 12.0 Å². The van der Waals surface area contributed by atoms with E-state index < -0.39 is 5.97 Å². The van der Waals surface area contributed by atoms with Gasteiger partial charge in [0.15, 0.2) is 0 Å². The Bertz CT molecular complexity index is 587. The molecule has 0 heterocycles. The number of hydrogen-bond acceptors (Lipinski definition) is 2. The fourth-order valence-electron chi connectivity index (χ4n) is 3.32. The molecule has 0 radical (unpaired) electrons. The molecule has 5 heteroatoms. The van der Waals surface area contributed by atoms with Crippen molar-refractivity contribution < 1.29 is 14.7 Å². The highest BCUT2D eigenvalue weighted by Crippen LogP contribution is 2.25. The van der Waals surface area contributed by atoms with E-state index in [-0.39, 0.29) is 23.4 Å². The lowest BCUT2D eigenvalue weighted by Gasteiger charge is -2.29. The molecule has 0 unspecified atom stereocenters. The van der Waals surface area contributed by atoms with Crippen LogP contribution in [0.1, 0.15) is 57.6 Å². The van der Waals surface area contributed by atoms with E-state index >= 15 is 0 Å². The van der Waals surface area contributed by atoms with Gasteiger partial charge in [0.1, 0.15) is 0 Å².